The van der Waals surface area contributed by atoms with Crippen LogP contribution in [0.25, 0.3) is 10.8 Å². The van der Waals surface area contributed by atoms with E-state index in [0.717, 1.165) is 10.8 Å². The number of hydrogen-bond acceptors (Lipinski definition) is 3. The summed E-state index contributed by atoms with van der Waals surface area (Å²) < 4.78 is 4.74. The molecule has 0 spiro atoms. The molecule has 0 radical (unpaired) electrons. The Morgan fingerprint density at radius 1 is 1.05 bits per heavy atom. The average Bonchev–Trinajstić information content (AvgIpc) is 2.50. The topological polar surface area (TPSA) is 55.4 Å². The first-order valence-electron chi connectivity index (χ1n) is 6.91. The van der Waals surface area contributed by atoms with Crippen molar-refractivity contribution in [2.24, 2.45) is 5.92 Å². The summed E-state index contributed by atoms with van der Waals surface area (Å²) >= 11 is 0. The maximum Gasteiger partial charge on any atom is 0.328 e. The van der Waals surface area contributed by atoms with Gasteiger partial charge in [0.05, 0.1) is 7.11 Å². The molecular formula is C17H19NO3. The van der Waals surface area contributed by atoms with Gasteiger partial charge >= 0.3 is 5.97 Å². The van der Waals surface area contributed by atoms with E-state index in [2.05, 4.69) is 5.32 Å². The molecule has 0 saturated heterocycles. The van der Waals surface area contributed by atoms with E-state index in [4.69, 9.17) is 4.74 Å². The molecule has 2 aromatic carbocycles. The van der Waals surface area contributed by atoms with E-state index in [1.54, 1.807) is 6.07 Å². The molecule has 4 nitrogen and oxygen atoms in total. The van der Waals surface area contributed by atoms with Crippen LogP contribution < -0.4 is 5.32 Å². The SMILES string of the molecule is COC(=O)[C@@H](NC(=O)c1cccc2ccccc12)C(C)C. The van der Waals surface area contributed by atoms with Gasteiger partial charge in [-0.3, -0.25) is 4.79 Å². The zero-order valence-corrected chi connectivity index (χ0v) is 12.4. The van der Waals surface area contributed by atoms with Gasteiger partial charge in [-0.2, -0.15) is 0 Å². The van der Waals surface area contributed by atoms with Gasteiger partial charge < -0.3 is 10.1 Å². The summed E-state index contributed by atoms with van der Waals surface area (Å²) in [6.45, 7) is 3.73. The quantitative estimate of drug-likeness (QED) is 0.879. The number of amides is 1. The fourth-order valence-electron chi connectivity index (χ4n) is 2.27. The van der Waals surface area contributed by atoms with Gasteiger partial charge in [-0.05, 0) is 22.8 Å². The minimum Gasteiger partial charge on any atom is -0.467 e. The lowest BCUT2D eigenvalue weighted by atomic mass is 10.0. The Balaban J connectivity index is 2.32. The van der Waals surface area contributed by atoms with Crippen molar-refractivity contribution in [1.82, 2.24) is 5.32 Å². The van der Waals surface area contributed by atoms with Crippen LogP contribution in [0.5, 0.6) is 0 Å². The maximum atomic E-state index is 12.5. The summed E-state index contributed by atoms with van der Waals surface area (Å²) in [5.41, 5.74) is 0.558. The van der Waals surface area contributed by atoms with Gasteiger partial charge in [0, 0.05) is 5.56 Å². The van der Waals surface area contributed by atoms with Crippen molar-refractivity contribution in [3.8, 4) is 0 Å². The predicted octanol–water partition coefficient (Wildman–Crippen LogP) is 2.77. The van der Waals surface area contributed by atoms with E-state index in [-0.39, 0.29) is 11.8 Å². The highest BCUT2D eigenvalue weighted by Crippen LogP contribution is 2.19. The number of ether oxygens (including phenoxy) is 1. The largest absolute Gasteiger partial charge is 0.467 e. The van der Waals surface area contributed by atoms with Gasteiger partial charge in [0.15, 0.2) is 0 Å². The van der Waals surface area contributed by atoms with Crippen molar-refractivity contribution in [2.45, 2.75) is 19.9 Å². The number of carbonyl (C=O) groups is 2. The second kappa shape index (κ2) is 6.39. The monoisotopic (exact) mass is 285 g/mol. The average molecular weight is 285 g/mol. The molecule has 0 aromatic heterocycles. The fourth-order valence-corrected chi connectivity index (χ4v) is 2.27. The Bertz CT molecular complexity index is 659. The summed E-state index contributed by atoms with van der Waals surface area (Å²) in [7, 11) is 1.32. The van der Waals surface area contributed by atoms with Crippen LogP contribution in [0.3, 0.4) is 0 Å². The van der Waals surface area contributed by atoms with Crippen LogP contribution in [0.4, 0.5) is 0 Å². The Morgan fingerprint density at radius 3 is 2.38 bits per heavy atom. The van der Waals surface area contributed by atoms with Crippen molar-refractivity contribution in [2.75, 3.05) is 7.11 Å². The number of methoxy groups -OCH3 is 1. The first kappa shape index (κ1) is 15.0. The number of carbonyl (C=O) groups excluding carboxylic acids is 2. The van der Waals surface area contributed by atoms with E-state index >= 15 is 0 Å². The normalized spacial score (nSPS) is 12.2. The first-order chi connectivity index (χ1) is 10.0. The van der Waals surface area contributed by atoms with Crippen LogP contribution in [-0.4, -0.2) is 25.0 Å². The lowest BCUT2D eigenvalue weighted by Gasteiger charge is -2.20. The Labute approximate surface area is 124 Å². The van der Waals surface area contributed by atoms with Gasteiger partial charge in [0.2, 0.25) is 0 Å². The van der Waals surface area contributed by atoms with Crippen LogP contribution in [-0.2, 0) is 9.53 Å². The Morgan fingerprint density at radius 2 is 1.71 bits per heavy atom. The molecular weight excluding hydrogens is 266 g/mol. The second-order valence-electron chi connectivity index (χ2n) is 5.25. The molecule has 0 aliphatic carbocycles. The molecule has 1 atom stereocenters. The highest BCUT2D eigenvalue weighted by atomic mass is 16.5. The van der Waals surface area contributed by atoms with Crippen molar-refractivity contribution < 1.29 is 14.3 Å². The third kappa shape index (κ3) is 3.21. The predicted molar refractivity (Wildman–Crippen MR) is 82.1 cm³/mol. The van der Waals surface area contributed by atoms with Gasteiger partial charge in [-0.15, -0.1) is 0 Å². The van der Waals surface area contributed by atoms with E-state index in [1.807, 2.05) is 50.2 Å². The van der Waals surface area contributed by atoms with E-state index in [9.17, 15) is 9.59 Å². The number of benzene rings is 2. The maximum absolute atomic E-state index is 12.5. The molecule has 0 heterocycles. The molecule has 2 rings (SSSR count). The Hall–Kier alpha value is -2.36. The van der Waals surface area contributed by atoms with Crippen LogP contribution >= 0.6 is 0 Å². The minimum absolute atomic E-state index is 0.0450. The molecule has 1 amide bonds. The molecule has 0 unspecified atom stereocenters. The summed E-state index contributed by atoms with van der Waals surface area (Å²) in [5.74, 6) is -0.745. The highest BCUT2D eigenvalue weighted by Gasteiger charge is 2.25. The molecule has 0 fully saturated rings. The molecule has 21 heavy (non-hydrogen) atoms. The summed E-state index contributed by atoms with van der Waals surface area (Å²) in [6, 6.07) is 12.5. The first-order valence-corrected chi connectivity index (χ1v) is 6.91. The smallest absolute Gasteiger partial charge is 0.328 e. The molecule has 0 bridgehead atoms. The minimum atomic E-state index is -0.651. The zero-order valence-electron chi connectivity index (χ0n) is 12.4. The van der Waals surface area contributed by atoms with Crippen molar-refractivity contribution >= 4 is 22.6 Å². The van der Waals surface area contributed by atoms with E-state index in [0.29, 0.717) is 5.56 Å². The molecule has 4 heteroatoms. The standard InChI is InChI=1S/C17H19NO3/c1-11(2)15(17(20)21-3)18-16(19)14-10-6-8-12-7-4-5-9-13(12)14/h4-11,15H,1-3H3,(H,18,19)/t15-/m0/s1. The number of rotatable bonds is 4. The number of fused-ring (bicyclic) bond motifs is 1. The van der Waals surface area contributed by atoms with Crippen LogP contribution in [0.2, 0.25) is 0 Å². The van der Waals surface area contributed by atoms with Crippen molar-refractivity contribution in [3.05, 3.63) is 48.0 Å². The highest BCUT2D eigenvalue weighted by molar-refractivity contribution is 6.07. The summed E-state index contributed by atoms with van der Waals surface area (Å²) in [6.07, 6.45) is 0. The number of nitrogens with one attached hydrogen (secondary N) is 1. The van der Waals surface area contributed by atoms with Gasteiger partial charge in [-0.1, -0.05) is 50.2 Å². The molecule has 110 valence electrons. The van der Waals surface area contributed by atoms with Crippen LogP contribution in [0, 0.1) is 5.92 Å². The molecule has 2 aromatic rings. The van der Waals surface area contributed by atoms with Crippen LogP contribution in [0.15, 0.2) is 42.5 Å². The van der Waals surface area contributed by atoms with Crippen LogP contribution in [0.1, 0.15) is 24.2 Å². The number of hydrogen-bond donors (Lipinski definition) is 1. The lowest BCUT2D eigenvalue weighted by Crippen LogP contribution is -2.45. The van der Waals surface area contributed by atoms with Crippen molar-refractivity contribution in [1.29, 1.82) is 0 Å². The van der Waals surface area contributed by atoms with E-state index < -0.39 is 12.0 Å². The fraction of sp³-hybridized carbons (Fsp3) is 0.294. The number of esters is 1. The molecule has 0 saturated carbocycles. The van der Waals surface area contributed by atoms with Gasteiger partial charge in [-0.25, -0.2) is 4.79 Å². The van der Waals surface area contributed by atoms with Gasteiger partial charge in [0.25, 0.3) is 5.91 Å². The molecule has 0 aliphatic rings. The summed E-state index contributed by atoms with van der Waals surface area (Å²) in [5, 5.41) is 4.62. The Kier molecular flexibility index (Phi) is 4.58. The zero-order chi connectivity index (χ0) is 15.4. The molecule has 0 aliphatic heterocycles. The summed E-state index contributed by atoms with van der Waals surface area (Å²) in [4.78, 5) is 24.2. The lowest BCUT2D eigenvalue weighted by molar-refractivity contribution is -0.144. The molecule has 1 N–H and O–H groups in total. The second-order valence-corrected chi connectivity index (χ2v) is 5.25. The third-order valence-electron chi connectivity index (χ3n) is 3.44. The van der Waals surface area contributed by atoms with E-state index in [1.165, 1.54) is 7.11 Å². The van der Waals surface area contributed by atoms with Gasteiger partial charge in [0.1, 0.15) is 6.04 Å². The van der Waals surface area contributed by atoms with Crippen molar-refractivity contribution in [3.63, 3.8) is 0 Å². The third-order valence-corrected chi connectivity index (χ3v) is 3.44.